The van der Waals surface area contributed by atoms with Gasteiger partial charge in [-0.2, -0.15) is 0 Å². The SMILES string of the molecule is CCCn1nnnc1NC(=O)CCCCl. The second-order valence-electron chi connectivity index (χ2n) is 3.07. The summed E-state index contributed by atoms with van der Waals surface area (Å²) in [5, 5.41) is 13.6. The van der Waals surface area contributed by atoms with Gasteiger partial charge in [0.05, 0.1) is 0 Å². The van der Waals surface area contributed by atoms with Crippen molar-refractivity contribution in [3.63, 3.8) is 0 Å². The fourth-order valence-electron chi connectivity index (χ4n) is 1.07. The lowest BCUT2D eigenvalue weighted by atomic mass is 10.3. The largest absolute Gasteiger partial charge is 0.293 e. The standard InChI is InChI=1S/C8H14ClN5O/c1-2-6-14-8(11-12-13-14)10-7(15)4-3-5-9/h2-6H2,1H3,(H,10,11,13,15). The lowest BCUT2D eigenvalue weighted by molar-refractivity contribution is -0.116. The fourth-order valence-corrected chi connectivity index (χ4v) is 1.20. The number of amides is 1. The second-order valence-corrected chi connectivity index (χ2v) is 3.44. The van der Waals surface area contributed by atoms with E-state index >= 15 is 0 Å². The van der Waals surface area contributed by atoms with Crippen LogP contribution >= 0.6 is 11.6 Å². The summed E-state index contributed by atoms with van der Waals surface area (Å²) in [4.78, 5) is 11.3. The molecular weight excluding hydrogens is 218 g/mol. The van der Waals surface area contributed by atoms with Crippen molar-refractivity contribution in [2.45, 2.75) is 32.7 Å². The van der Waals surface area contributed by atoms with Gasteiger partial charge in [0.2, 0.25) is 11.9 Å². The minimum absolute atomic E-state index is 0.109. The number of alkyl halides is 1. The molecule has 1 heterocycles. The predicted molar refractivity (Wildman–Crippen MR) is 56.7 cm³/mol. The Bertz CT molecular complexity index is 314. The molecule has 15 heavy (non-hydrogen) atoms. The summed E-state index contributed by atoms with van der Waals surface area (Å²) in [5.74, 6) is 0.770. The minimum atomic E-state index is -0.109. The first-order valence-corrected chi connectivity index (χ1v) is 5.43. The first kappa shape index (κ1) is 11.9. The van der Waals surface area contributed by atoms with Gasteiger partial charge in [-0.3, -0.25) is 10.1 Å². The molecule has 1 rings (SSSR count). The molecule has 1 N–H and O–H groups in total. The van der Waals surface area contributed by atoms with Crippen LogP contribution in [0.4, 0.5) is 5.95 Å². The third kappa shape index (κ3) is 3.83. The zero-order chi connectivity index (χ0) is 11.1. The molecule has 84 valence electrons. The summed E-state index contributed by atoms with van der Waals surface area (Å²) in [6.07, 6.45) is 1.96. The molecule has 0 radical (unpaired) electrons. The first-order chi connectivity index (χ1) is 7.27. The van der Waals surface area contributed by atoms with Gasteiger partial charge >= 0.3 is 0 Å². The number of hydrogen-bond acceptors (Lipinski definition) is 4. The van der Waals surface area contributed by atoms with E-state index in [9.17, 15) is 4.79 Å². The zero-order valence-electron chi connectivity index (χ0n) is 8.61. The van der Waals surface area contributed by atoms with Crippen molar-refractivity contribution in [1.82, 2.24) is 20.2 Å². The lowest BCUT2D eigenvalue weighted by Crippen LogP contribution is -2.16. The number of anilines is 1. The van der Waals surface area contributed by atoms with Crippen LogP contribution in [0.2, 0.25) is 0 Å². The Morgan fingerprint density at radius 1 is 1.60 bits per heavy atom. The Morgan fingerprint density at radius 2 is 2.40 bits per heavy atom. The molecule has 0 aliphatic carbocycles. The molecule has 1 amide bonds. The molecule has 0 aromatic carbocycles. The molecule has 0 aliphatic heterocycles. The first-order valence-electron chi connectivity index (χ1n) is 4.90. The molecule has 1 aromatic heterocycles. The van der Waals surface area contributed by atoms with E-state index in [1.165, 1.54) is 0 Å². The number of nitrogens with one attached hydrogen (secondary N) is 1. The van der Waals surface area contributed by atoms with E-state index in [1.807, 2.05) is 6.92 Å². The van der Waals surface area contributed by atoms with Gasteiger partial charge in [-0.05, 0) is 23.3 Å². The minimum Gasteiger partial charge on any atom is -0.293 e. The van der Waals surface area contributed by atoms with Crippen LogP contribution in [0.5, 0.6) is 0 Å². The van der Waals surface area contributed by atoms with Gasteiger partial charge < -0.3 is 0 Å². The van der Waals surface area contributed by atoms with Crippen molar-refractivity contribution in [2.75, 3.05) is 11.2 Å². The number of hydrogen-bond donors (Lipinski definition) is 1. The number of tetrazole rings is 1. The van der Waals surface area contributed by atoms with E-state index in [4.69, 9.17) is 11.6 Å². The van der Waals surface area contributed by atoms with E-state index < -0.39 is 0 Å². The molecule has 0 saturated carbocycles. The van der Waals surface area contributed by atoms with E-state index in [0.29, 0.717) is 31.2 Å². The van der Waals surface area contributed by atoms with Crippen molar-refractivity contribution >= 4 is 23.5 Å². The molecule has 0 aliphatic rings. The maximum atomic E-state index is 11.3. The van der Waals surface area contributed by atoms with Crippen LogP contribution in [0.15, 0.2) is 0 Å². The Hall–Kier alpha value is -1.17. The van der Waals surface area contributed by atoms with Gasteiger partial charge in [-0.1, -0.05) is 12.0 Å². The van der Waals surface area contributed by atoms with E-state index in [-0.39, 0.29) is 5.91 Å². The highest BCUT2D eigenvalue weighted by molar-refractivity contribution is 6.18. The fraction of sp³-hybridized carbons (Fsp3) is 0.750. The average molecular weight is 232 g/mol. The lowest BCUT2D eigenvalue weighted by Gasteiger charge is -2.03. The quantitative estimate of drug-likeness (QED) is 0.743. The summed E-state index contributed by atoms with van der Waals surface area (Å²) < 4.78 is 1.57. The van der Waals surface area contributed by atoms with Crippen LogP contribution in [0.1, 0.15) is 26.2 Å². The summed E-state index contributed by atoms with van der Waals surface area (Å²) in [5.41, 5.74) is 0. The number of halogens is 1. The van der Waals surface area contributed by atoms with Crippen LogP contribution in [0.25, 0.3) is 0 Å². The molecule has 0 atom stereocenters. The summed E-state index contributed by atoms with van der Waals surface area (Å²) in [7, 11) is 0. The topological polar surface area (TPSA) is 72.7 Å². The Kier molecular flexibility index (Phi) is 5.03. The number of aromatic nitrogens is 4. The Labute approximate surface area is 93.0 Å². The smallest absolute Gasteiger partial charge is 0.249 e. The van der Waals surface area contributed by atoms with Crippen LogP contribution in [0, 0.1) is 0 Å². The maximum Gasteiger partial charge on any atom is 0.249 e. The molecule has 0 spiro atoms. The molecule has 1 aromatic rings. The third-order valence-electron chi connectivity index (χ3n) is 1.76. The van der Waals surface area contributed by atoms with E-state index in [2.05, 4.69) is 20.8 Å². The molecular formula is C8H14ClN5O. The molecule has 7 heteroatoms. The zero-order valence-corrected chi connectivity index (χ0v) is 9.37. The van der Waals surface area contributed by atoms with Crippen molar-refractivity contribution in [1.29, 1.82) is 0 Å². The predicted octanol–water partition coefficient (Wildman–Crippen LogP) is 1.04. The molecule has 0 unspecified atom stereocenters. The van der Waals surface area contributed by atoms with Gasteiger partial charge in [-0.15, -0.1) is 11.6 Å². The monoisotopic (exact) mass is 231 g/mol. The molecule has 0 saturated heterocycles. The molecule has 0 bridgehead atoms. The highest BCUT2D eigenvalue weighted by Crippen LogP contribution is 2.02. The Morgan fingerprint density at radius 3 is 3.07 bits per heavy atom. The number of nitrogens with zero attached hydrogens (tertiary/aromatic N) is 4. The molecule has 0 fully saturated rings. The van der Waals surface area contributed by atoms with Crippen molar-refractivity contribution in [3.8, 4) is 0 Å². The highest BCUT2D eigenvalue weighted by Gasteiger charge is 2.08. The van der Waals surface area contributed by atoms with Crippen molar-refractivity contribution in [3.05, 3.63) is 0 Å². The second kappa shape index (κ2) is 6.34. The maximum absolute atomic E-state index is 11.3. The van der Waals surface area contributed by atoms with Gasteiger partial charge in [0.25, 0.3) is 0 Å². The van der Waals surface area contributed by atoms with Crippen LogP contribution in [-0.4, -0.2) is 32.0 Å². The van der Waals surface area contributed by atoms with Crippen LogP contribution in [0.3, 0.4) is 0 Å². The summed E-state index contributed by atoms with van der Waals surface area (Å²) in [6.45, 7) is 2.71. The van der Waals surface area contributed by atoms with Crippen molar-refractivity contribution in [2.24, 2.45) is 0 Å². The summed E-state index contributed by atoms with van der Waals surface area (Å²) in [6, 6.07) is 0. The van der Waals surface area contributed by atoms with Gasteiger partial charge in [0, 0.05) is 18.8 Å². The van der Waals surface area contributed by atoms with Crippen LogP contribution in [-0.2, 0) is 11.3 Å². The number of carbonyl (C=O) groups is 1. The van der Waals surface area contributed by atoms with Gasteiger partial charge in [-0.25, -0.2) is 4.68 Å². The third-order valence-corrected chi connectivity index (χ3v) is 2.02. The van der Waals surface area contributed by atoms with Gasteiger partial charge in [0.1, 0.15) is 0 Å². The van der Waals surface area contributed by atoms with Gasteiger partial charge in [0.15, 0.2) is 0 Å². The van der Waals surface area contributed by atoms with Crippen molar-refractivity contribution < 1.29 is 4.79 Å². The number of carbonyl (C=O) groups excluding carboxylic acids is 1. The van der Waals surface area contributed by atoms with E-state index in [1.54, 1.807) is 4.68 Å². The Balaban J connectivity index is 2.48. The normalized spacial score (nSPS) is 10.3. The highest BCUT2D eigenvalue weighted by atomic mass is 35.5. The number of aryl methyl sites for hydroxylation is 1. The summed E-state index contributed by atoms with van der Waals surface area (Å²) >= 11 is 5.48. The van der Waals surface area contributed by atoms with Crippen LogP contribution < -0.4 is 5.32 Å². The van der Waals surface area contributed by atoms with E-state index in [0.717, 1.165) is 6.42 Å². The number of rotatable bonds is 6. The average Bonchev–Trinajstić information content (AvgIpc) is 2.63. The molecule has 6 nitrogen and oxygen atoms in total.